The number of hydrogen-bond donors (Lipinski definition) is 2. The van der Waals surface area contributed by atoms with Gasteiger partial charge in [-0.2, -0.15) is 16.9 Å². The molecule has 0 atom stereocenters. The highest BCUT2D eigenvalue weighted by Gasteiger charge is 2.25. The van der Waals surface area contributed by atoms with E-state index in [9.17, 15) is 9.59 Å². The quantitative estimate of drug-likeness (QED) is 0.603. The summed E-state index contributed by atoms with van der Waals surface area (Å²) >= 11 is 3.13. The molecule has 0 unspecified atom stereocenters. The van der Waals surface area contributed by atoms with Gasteiger partial charge in [-0.3, -0.25) is 9.59 Å². The van der Waals surface area contributed by atoms with Crippen LogP contribution >= 0.6 is 23.1 Å². The molecular weight excluding hydrogens is 408 g/mol. The highest BCUT2D eigenvalue weighted by atomic mass is 32.2. The van der Waals surface area contributed by atoms with Gasteiger partial charge in [0, 0.05) is 23.6 Å². The molecule has 0 spiro atoms. The molecule has 150 valence electrons. The smallest absolute Gasteiger partial charge is 0.266 e. The molecule has 1 aromatic carbocycles. The molecular formula is C20H20N4O3S2. The molecule has 7 nitrogen and oxygen atoms in total. The van der Waals surface area contributed by atoms with E-state index in [0.717, 1.165) is 34.1 Å². The van der Waals surface area contributed by atoms with Gasteiger partial charge in [0.1, 0.15) is 18.1 Å². The van der Waals surface area contributed by atoms with Gasteiger partial charge >= 0.3 is 0 Å². The number of nitrogens with zero attached hydrogens (tertiary/aromatic N) is 2. The number of anilines is 1. The summed E-state index contributed by atoms with van der Waals surface area (Å²) in [5.41, 5.74) is 2.91. The molecule has 2 aromatic heterocycles. The number of benzene rings is 1. The first kappa shape index (κ1) is 19.5. The first-order valence-corrected chi connectivity index (χ1v) is 11.1. The third-order valence-electron chi connectivity index (χ3n) is 4.54. The van der Waals surface area contributed by atoms with Crippen LogP contribution in [0.15, 0.2) is 41.8 Å². The monoisotopic (exact) mass is 428 g/mol. The maximum absolute atomic E-state index is 12.5. The molecule has 0 aliphatic carbocycles. The molecule has 1 aliphatic heterocycles. The molecule has 0 fully saturated rings. The summed E-state index contributed by atoms with van der Waals surface area (Å²) in [5, 5.41) is 12.3. The van der Waals surface area contributed by atoms with Crippen LogP contribution in [-0.2, 0) is 29.4 Å². The zero-order valence-corrected chi connectivity index (χ0v) is 17.4. The Morgan fingerprint density at radius 2 is 2.03 bits per heavy atom. The average molecular weight is 429 g/mol. The number of ether oxygens (including phenoxy) is 1. The SMILES string of the molecule is COc1ccc(CNC(=O)Cn2nc3c(c2NC(=O)c2cccs2)CSC3)cc1. The van der Waals surface area contributed by atoms with Crippen LogP contribution in [0.4, 0.5) is 5.82 Å². The van der Waals surface area contributed by atoms with Gasteiger partial charge in [-0.25, -0.2) is 4.68 Å². The summed E-state index contributed by atoms with van der Waals surface area (Å²) in [4.78, 5) is 25.6. The fourth-order valence-electron chi connectivity index (χ4n) is 3.03. The third-order valence-corrected chi connectivity index (χ3v) is 6.38. The van der Waals surface area contributed by atoms with Gasteiger partial charge in [0.05, 0.1) is 17.7 Å². The number of carbonyl (C=O) groups excluding carboxylic acids is 2. The molecule has 1 aliphatic rings. The van der Waals surface area contributed by atoms with Crippen LogP contribution in [0.1, 0.15) is 26.5 Å². The second-order valence-electron chi connectivity index (χ2n) is 6.48. The van der Waals surface area contributed by atoms with Crippen molar-refractivity contribution in [2.75, 3.05) is 12.4 Å². The molecule has 2 amide bonds. The van der Waals surface area contributed by atoms with Gasteiger partial charge in [0.25, 0.3) is 5.91 Å². The summed E-state index contributed by atoms with van der Waals surface area (Å²) < 4.78 is 6.74. The summed E-state index contributed by atoms with van der Waals surface area (Å²) in [6.45, 7) is 0.463. The fourth-order valence-corrected chi connectivity index (χ4v) is 4.69. The number of nitrogens with one attached hydrogen (secondary N) is 2. The zero-order valence-electron chi connectivity index (χ0n) is 15.8. The number of carbonyl (C=O) groups is 2. The minimum atomic E-state index is -0.181. The number of methoxy groups -OCH3 is 1. The second-order valence-corrected chi connectivity index (χ2v) is 8.41. The topological polar surface area (TPSA) is 85.2 Å². The molecule has 3 heterocycles. The second kappa shape index (κ2) is 8.71. The zero-order chi connectivity index (χ0) is 20.2. The molecule has 2 N–H and O–H groups in total. The van der Waals surface area contributed by atoms with Crippen molar-refractivity contribution in [3.8, 4) is 5.75 Å². The van der Waals surface area contributed by atoms with Gasteiger partial charge < -0.3 is 15.4 Å². The predicted octanol–water partition coefficient (Wildman–Crippen LogP) is 3.27. The van der Waals surface area contributed by atoms with Crippen molar-refractivity contribution in [1.29, 1.82) is 0 Å². The summed E-state index contributed by atoms with van der Waals surface area (Å²) in [5.74, 6) is 2.61. The lowest BCUT2D eigenvalue weighted by atomic mass is 10.2. The largest absolute Gasteiger partial charge is 0.497 e. The van der Waals surface area contributed by atoms with E-state index in [1.54, 1.807) is 29.6 Å². The Morgan fingerprint density at radius 1 is 1.21 bits per heavy atom. The Balaban J connectivity index is 1.43. The summed E-state index contributed by atoms with van der Waals surface area (Å²) in [6.07, 6.45) is 0. The molecule has 0 bridgehead atoms. The van der Waals surface area contributed by atoms with E-state index in [1.165, 1.54) is 11.3 Å². The van der Waals surface area contributed by atoms with Crippen LogP contribution < -0.4 is 15.4 Å². The molecule has 0 saturated carbocycles. The maximum atomic E-state index is 12.5. The first-order valence-electron chi connectivity index (χ1n) is 9.05. The van der Waals surface area contributed by atoms with Gasteiger partial charge in [0.15, 0.2) is 0 Å². The van der Waals surface area contributed by atoms with Crippen LogP contribution in [0.5, 0.6) is 5.75 Å². The van der Waals surface area contributed by atoms with Crippen molar-refractivity contribution in [2.45, 2.75) is 24.6 Å². The number of amides is 2. The van der Waals surface area contributed by atoms with Crippen molar-refractivity contribution in [3.63, 3.8) is 0 Å². The average Bonchev–Trinajstić information content (AvgIpc) is 3.47. The van der Waals surface area contributed by atoms with Gasteiger partial charge in [-0.1, -0.05) is 18.2 Å². The maximum Gasteiger partial charge on any atom is 0.266 e. The van der Waals surface area contributed by atoms with Crippen LogP contribution in [-0.4, -0.2) is 28.7 Å². The van der Waals surface area contributed by atoms with Crippen LogP contribution in [0.2, 0.25) is 0 Å². The number of aromatic nitrogens is 2. The van der Waals surface area contributed by atoms with E-state index < -0.39 is 0 Å². The van der Waals surface area contributed by atoms with Crippen molar-refractivity contribution in [2.24, 2.45) is 0 Å². The minimum absolute atomic E-state index is 0.0495. The number of thioether (sulfide) groups is 1. The molecule has 0 radical (unpaired) electrons. The van der Waals surface area contributed by atoms with E-state index >= 15 is 0 Å². The molecule has 9 heteroatoms. The number of thiophene rings is 1. The van der Waals surface area contributed by atoms with E-state index in [-0.39, 0.29) is 18.4 Å². The van der Waals surface area contributed by atoms with E-state index in [2.05, 4.69) is 15.7 Å². The lowest BCUT2D eigenvalue weighted by molar-refractivity contribution is -0.122. The molecule has 3 aromatic rings. The van der Waals surface area contributed by atoms with Crippen molar-refractivity contribution in [1.82, 2.24) is 15.1 Å². The lowest BCUT2D eigenvalue weighted by Crippen LogP contribution is -2.28. The van der Waals surface area contributed by atoms with Crippen molar-refractivity contribution in [3.05, 3.63) is 63.5 Å². The molecule has 29 heavy (non-hydrogen) atoms. The highest BCUT2D eigenvalue weighted by molar-refractivity contribution is 7.98. The van der Waals surface area contributed by atoms with Crippen molar-refractivity contribution < 1.29 is 14.3 Å². The van der Waals surface area contributed by atoms with E-state index in [1.807, 2.05) is 35.7 Å². The lowest BCUT2D eigenvalue weighted by Gasteiger charge is -2.11. The fraction of sp³-hybridized carbons (Fsp3) is 0.250. The number of hydrogen-bond acceptors (Lipinski definition) is 6. The van der Waals surface area contributed by atoms with Crippen LogP contribution in [0.25, 0.3) is 0 Å². The Kier molecular flexibility index (Phi) is 5.86. The molecule has 0 saturated heterocycles. The summed E-state index contributed by atoms with van der Waals surface area (Å²) in [7, 11) is 1.62. The Morgan fingerprint density at radius 3 is 2.76 bits per heavy atom. The summed E-state index contributed by atoms with van der Waals surface area (Å²) in [6, 6.07) is 11.1. The first-order chi connectivity index (χ1) is 14.1. The van der Waals surface area contributed by atoms with E-state index in [0.29, 0.717) is 17.2 Å². The van der Waals surface area contributed by atoms with Crippen molar-refractivity contribution >= 4 is 40.7 Å². The van der Waals surface area contributed by atoms with E-state index in [4.69, 9.17) is 4.74 Å². The molecule has 4 rings (SSSR count). The third kappa shape index (κ3) is 4.46. The number of fused-ring (bicyclic) bond motifs is 1. The van der Waals surface area contributed by atoms with Gasteiger partial charge in [-0.05, 0) is 29.1 Å². The van der Waals surface area contributed by atoms with Gasteiger partial charge in [0.2, 0.25) is 5.91 Å². The highest BCUT2D eigenvalue weighted by Crippen LogP contribution is 2.35. The number of rotatable bonds is 7. The Bertz CT molecular complexity index is 1010. The minimum Gasteiger partial charge on any atom is -0.497 e. The van der Waals surface area contributed by atoms with Crippen LogP contribution in [0, 0.1) is 0 Å². The normalized spacial score (nSPS) is 12.4. The Hall–Kier alpha value is -2.78. The Labute approximate surface area is 176 Å². The standard InChI is InChI=1S/C20H20N4O3S2/c1-27-14-6-4-13(5-7-14)9-21-18(25)10-24-19(15-11-28-12-16(15)23-24)22-20(26)17-3-2-8-29-17/h2-8H,9-12H2,1H3,(H,21,25)(H,22,26). The predicted molar refractivity (Wildman–Crippen MR) is 114 cm³/mol. The van der Waals surface area contributed by atoms with Crippen LogP contribution in [0.3, 0.4) is 0 Å². The van der Waals surface area contributed by atoms with Gasteiger partial charge in [-0.15, -0.1) is 11.3 Å².